The third-order valence-electron chi connectivity index (χ3n) is 2.95. The number of nitrogens with one attached hydrogen (secondary N) is 1. The summed E-state index contributed by atoms with van der Waals surface area (Å²) in [6.07, 6.45) is 8.56. The highest BCUT2D eigenvalue weighted by molar-refractivity contribution is 6.05. The molecule has 6 nitrogen and oxygen atoms in total. The zero-order valence-electron chi connectivity index (χ0n) is 12.5. The molecule has 0 aliphatic rings. The highest BCUT2D eigenvalue weighted by atomic mass is 16.6. The van der Waals surface area contributed by atoms with E-state index in [9.17, 15) is 4.79 Å². The smallest absolute Gasteiger partial charge is 0.376 e. The molecule has 1 N–H and O–H groups in total. The molecule has 0 atom stereocenters. The molecular formula is C16H14N4O2. The van der Waals surface area contributed by atoms with Crippen molar-refractivity contribution >= 4 is 27.9 Å². The Labute approximate surface area is 126 Å². The van der Waals surface area contributed by atoms with Crippen LogP contribution >= 0.6 is 0 Å². The summed E-state index contributed by atoms with van der Waals surface area (Å²) >= 11 is 0. The number of hydrogen-bond donors (Lipinski definition) is 1. The maximum absolute atomic E-state index is 12.1. The van der Waals surface area contributed by atoms with Crippen LogP contribution in [0.3, 0.4) is 0 Å². The van der Waals surface area contributed by atoms with Gasteiger partial charge in [-0.05, 0) is 26.8 Å². The normalized spacial score (nSPS) is 11.5. The van der Waals surface area contributed by atoms with E-state index in [1.807, 2.05) is 0 Å². The van der Waals surface area contributed by atoms with E-state index in [0.29, 0.717) is 16.7 Å². The molecule has 0 bridgehead atoms. The number of aromatic nitrogens is 4. The van der Waals surface area contributed by atoms with Crippen molar-refractivity contribution in [2.75, 3.05) is 0 Å². The quantitative estimate of drug-likeness (QED) is 0.550. The standard InChI is InChI=1S/C16H14N4O2/c1-5-9-6-10-11(7-17-9)19-12-8-18-14(20-13(10)12)15(21)22-16(2,3)4/h1,6-8,19H,2-4H3. The summed E-state index contributed by atoms with van der Waals surface area (Å²) in [5, 5.41) is 0.796. The first kappa shape index (κ1) is 14.0. The Morgan fingerprint density at radius 3 is 2.68 bits per heavy atom. The van der Waals surface area contributed by atoms with Gasteiger partial charge in [-0.3, -0.25) is 0 Å². The fourth-order valence-corrected chi connectivity index (χ4v) is 2.08. The fraction of sp³-hybridized carbons (Fsp3) is 0.250. The number of hydrogen-bond acceptors (Lipinski definition) is 5. The van der Waals surface area contributed by atoms with E-state index in [1.165, 1.54) is 0 Å². The number of terminal acetylenes is 1. The second-order valence-electron chi connectivity index (χ2n) is 5.84. The van der Waals surface area contributed by atoms with Crippen molar-refractivity contribution in [1.29, 1.82) is 0 Å². The number of H-pyrrole nitrogens is 1. The molecule has 0 fully saturated rings. The number of rotatable bonds is 1. The summed E-state index contributed by atoms with van der Waals surface area (Å²) in [6.45, 7) is 5.37. The number of nitrogens with zero attached hydrogens (tertiary/aromatic N) is 3. The Morgan fingerprint density at radius 1 is 1.27 bits per heavy atom. The Morgan fingerprint density at radius 2 is 2.00 bits per heavy atom. The number of carbonyl (C=O) groups excluding carboxylic acids is 1. The molecule has 6 heteroatoms. The van der Waals surface area contributed by atoms with Gasteiger partial charge < -0.3 is 9.72 Å². The lowest BCUT2D eigenvalue weighted by Crippen LogP contribution is -2.25. The van der Waals surface area contributed by atoms with Gasteiger partial charge in [-0.25, -0.2) is 19.7 Å². The molecule has 110 valence electrons. The van der Waals surface area contributed by atoms with Crippen LogP contribution < -0.4 is 0 Å². The lowest BCUT2D eigenvalue weighted by atomic mass is 10.2. The molecule has 0 radical (unpaired) electrons. The average molecular weight is 294 g/mol. The van der Waals surface area contributed by atoms with Crippen LogP contribution in [-0.4, -0.2) is 31.5 Å². The van der Waals surface area contributed by atoms with Crippen molar-refractivity contribution in [3.05, 3.63) is 30.0 Å². The zero-order valence-corrected chi connectivity index (χ0v) is 12.5. The molecule has 0 aliphatic carbocycles. The van der Waals surface area contributed by atoms with Crippen LogP contribution in [0.4, 0.5) is 0 Å². The first-order valence-corrected chi connectivity index (χ1v) is 6.72. The van der Waals surface area contributed by atoms with E-state index < -0.39 is 11.6 Å². The monoisotopic (exact) mass is 294 g/mol. The van der Waals surface area contributed by atoms with E-state index in [0.717, 1.165) is 10.9 Å². The molecule has 3 aromatic rings. The number of esters is 1. The van der Waals surface area contributed by atoms with E-state index >= 15 is 0 Å². The lowest BCUT2D eigenvalue weighted by molar-refractivity contribution is 0.00561. The van der Waals surface area contributed by atoms with Gasteiger partial charge in [0.15, 0.2) is 0 Å². The second kappa shape index (κ2) is 4.81. The summed E-state index contributed by atoms with van der Waals surface area (Å²) in [5.74, 6) is 1.94. The lowest BCUT2D eigenvalue weighted by Gasteiger charge is -2.18. The molecule has 0 unspecified atom stereocenters. The van der Waals surface area contributed by atoms with Crippen molar-refractivity contribution in [3.8, 4) is 12.3 Å². The van der Waals surface area contributed by atoms with E-state index in [4.69, 9.17) is 11.2 Å². The van der Waals surface area contributed by atoms with Crippen molar-refractivity contribution < 1.29 is 9.53 Å². The van der Waals surface area contributed by atoms with Gasteiger partial charge in [-0.1, -0.05) is 5.92 Å². The summed E-state index contributed by atoms with van der Waals surface area (Å²) in [5.41, 5.74) is 2.01. The minimum Gasteiger partial charge on any atom is -0.454 e. The zero-order chi connectivity index (χ0) is 15.9. The Kier molecular flexibility index (Phi) is 3.06. The Hall–Kier alpha value is -2.94. The molecular weight excluding hydrogens is 280 g/mol. The number of pyridine rings is 1. The molecule has 0 amide bonds. The molecule has 0 saturated carbocycles. The Bertz CT molecular complexity index is 929. The molecule has 3 aromatic heterocycles. The predicted octanol–water partition coefficient (Wildman–Crippen LogP) is 2.44. The van der Waals surface area contributed by atoms with Crippen LogP contribution in [0.1, 0.15) is 37.1 Å². The maximum Gasteiger partial charge on any atom is 0.376 e. The number of fused-ring (bicyclic) bond motifs is 3. The van der Waals surface area contributed by atoms with Gasteiger partial charge in [0.1, 0.15) is 16.8 Å². The van der Waals surface area contributed by atoms with Gasteiger partial charge in [-0.15, -0.1) is 6.42 Å². The second-order valence-corrected chi connectivity index (χ2v) is 5.84. The van der Waals surface area contributed by atoms with Crippen molar-refractivity contribution in [2.24, 2.45) is 0 Å². The van der Waals surface area contributed by atoms with E-state index in [1.54, 1.807) is 39.2 Å². The third-order valence-corrected chi connectivity index (χ3v) is 2.95. The minimum absolute atomic E-state index is 0.0161. The molecule has 0 spiro atoms. The minimum atomic E-state index is -0.601. The molecule has 22 heavy (non-hydrogen) atoms. The van der Waals surface area contributed by atoms with Crippen LogP contribution in [0, 0.1) is 12.3 Å². The molecule has 3 heterocycles. The van der Waals surface area contributed by atoms with Crippen LogP contribution in [0.2, 0.25) is 0 Å². The SMILES string of the molecule is C#Cc1cc2c(cn1)[nH]c1cnc(C(=O)OC(C)(C)C)nc12. The average Bonchev–Trinajstić information content (AvgIpc) is 2.82. The van der Waals surface area contributed by atoms with Crippen molar-refractivity contribution in [3.63, 3.8) is 0 Å². The van der Waals surface area contributed by atoms with Crippen LogP contribution in [0.15, 0.2) is 18.5 Å². The molecule has 0 aromatic carbocycles. The highest BCUT2D eigenvalue weighted by Crippen LogP contribution is 2.23. The largest absolute Gasteiger partial charge is 0.454 e. The maximum atomic E-state index is 12.1. The van der Waals surface area contributed by atoms with Gasteiger partial charge in [0.25, 0.3) is 0 Å². The Balaban J connectivity index is 2.14. The molecule has 3 rings (SSSR count). The van der Waals surface area contributed by atoms with Gasteiger partial charge in [-0.2, -0.15) is 0 Å². The van der Waals surface area contributed by atoms with E-state index in [-0.39, 0.29) is 5.82 Å². The van der Waals surface area contributed by atoms with Crippen LogP contribution in [0.25, 0.3) is 21.9 Å². The van der Waals surface area contributed by atoms with Crippen LogP contribution in [0.5, 0.6) is 0 Å². The first-order valence-electron chi connectivity index (χ1n) is 6.72. The summed E-state index contributed by atoms with van der Waals surface area (Å²) in [4.78, 5) is 27.7. The van der Waals surface area contributed by atoms with Crippen LogP contribution in [-0.2, 0) is 4.74 Å². The highest BCUT2D eigenvalue weighted by Gasteiger charge is 2.21. The van der Waals surface area contributed by atoms with Gasteiger partial charge in [0.2, 0.25) is 5.82 Å². The third kappa shape index (κ3) is 2.49. The fourth-order valence-electron chi connectivity index (χ4n) is 2.08. The summed E-state index contributed by atoms with van der Waals surface area (Å²) in [7, 11) is 0. The predicted molar refractivity (Wildman–Crippen MR) is 82.3 cm³/mol. The summed E-state index contributed by atoms with van der Waals surface area (Å²) < 4.78 is 5.29. The van der Waals surface area contributed by atoms with Crippen molar-refractivity contribution in [2.45, 2.75) is 26.4 Å². The number of carbonyl (C=O) groups is 1. The van der Waals surface area contributed by atoms with E-state index in [2.05, 4.69) is 25.9 Å². The van der Waals surface area contributed by atoms with Gasteiger partial charge in [0.05, 0.1) is 23.4 Å². The van der Waals surface area contributed by atoms with Gasteiger partial charge >= 0.3 is 5.97 Å². The summed E-state index contributed by atoms with van der Waals surface area (Å²) in [6, 6.07) is 1.75. The first-order chi connectivity index (χ1) is 10.4. The molecule has 0 saturated heterocycles. The topological polar surface area (TPSA) is 80.8 Å². The number of ether oxygens (including phenoxy) is 1. The molecule has 0 aliphatic heterocycles. The van der Waals surface area contributed by atoms with Crippen molar-refractivity contribution in [1.82, 2.24) is 19.9 Å². The van der Waals surface area contributed by atoms with Gasteiger partial charge in [0, 0.05) is 5.39 Å². The number of aromatic amines is 1.